The molecule has 0 spiro atoms. The molecule has 0 aliphatic heterocycles. The van der Waals surface area contributed by atoms with Crippen LogP contribution >= 0.6 is 27.5 Å². The summed E-state index contributed by atoms with van der Waals surface area (Å²) in [7, 11) is 1.67. The Hall–Kier alpha value is -0.640. The first-order valence-electron chi connectivity index (χ1n) is 4.44. The van der Waals surface area contributed by atoms with Crippen molar-refractivity contribution in [3.63, 3.8) is 0 Å². The summed E-state index contributed by atoms with van der Waals surface area (Å²) in [5.41, 5.74) is 1.94. The largest absolute Gasteiger partial charge is 0.380 e. The zero-order chi connectivity index (χ0) is 10.8. The molecule has 0 N–H and O–H groups in total. The maximum absolute atomic E-state index is 6.17. The molecule has 0 saturated carbocycles. The lowest BCUT2D eigenvalue weighted by atomic mass is 10.1. The number of benzene rings is 1. The van der Waals surface area contributed by atoms with Crippen LogP contribution in [0.5, 0.6) is 0 Å². The van der Waals surface area contributed by atoms with Gasteiger partial charge < -0.3 is 4.74 Å². The van der Waals surface area contributed by atoms with Gasteiger partial charge in [0.2, 0.25) is 0 Å². The van der Waals surface area contributed by atoms with Gasteiger partial charge in [-0.05, 0) is 15.9 Å². The van der Waals surface area contributed by atoms with Gasteiger partial charge in [0, 0.05) is 24.3 Å². The van der Waals surface area contributed by atoms with Crippen LogP contribution in [-0.2, 0) is 11.3 Å². The van der Waals surface area contributed by atoms with Crippen LogP contribution in [0.25, 0.3) is 10.9 Å². The number of halogens is 2. The molecule has 1 aromatic heterocycles. The summed E-state index contributed by atoms with van der Waals surface area (Å²) in [5, 5.41) is 1.64. The van der Waals surface area contributed by atoms with Crippen LogP contribution in [0.4, 0.5) is 0 Å². The van der Waals surface area contributed by atoms with E-state index in [1.807, 2.05) is 18.2 Å². The van der Waals surface area contributed by atoms with E-state index in [0.717, 1.165) is 20.9 Å². The standard InChI is InChI=1S/C11H9BrClNO/c1-15-6-7-3-2-4-8-10(13)9(12)5-14-11(7)8/h2-5H,6H2,1H3. The lowest BCUT2D eigenvalue weighted by Crippen LogP contribution is -1.92. The number of hydrogen-bond acceptors (Lipinski definition) is 2. The van der Waals surface area contributed by atoms with Crippen molar-refractivity contribution in [3.8, 4) is 0 Å². The highest BCUT2D eigenvalue weighted by molar-refractivity contribution is 9.10. The summed E-state index contributed by atoms with van der Waals surface area (Å²) in [6, 6.07) is 5.90. The lowest BCUT2D eigenvalue weighted by molar-refractivity contribution is 0.186. The van der Waals surface area contributed by atoms with Gasteiger partial charge in [0.05, 0.1) is 21.6 Å². The molecular formula is C11H9BrClNO. The molecule has 1 aromatic carbocycles. The maximum Gasteiger partial charge on any atom is 0.0773 e. The number of pyridine rings is 1. The monoisotopic (exact) mass is 285 g/mol. The Morgan fingerprint density at radius 1 is 1.47 bits per heavy atom. The summed E-state index contributed by atoms with van der Waals surface area (Å²) >= 11 is 9.52. The number of rotatable bonds is 2. The molecule has 1 heterocycles. The van der Waals surface area contributed by atoms with E-state index in [-0.39, 0.29) is 0 Å². The summed E-state index contributed by atoms with van der Waals surface area (Å²) in [6.07, 6.45) is 1.71. The average molecular weight is 287 g/mol. The second-order valence-corrected chi connectivity index (χ2v) is 4.40. The summed E-state index contributed by atoms with van der Waals surface area (Å²) in [5.74, 6) is 0. The highest BCUT2D eigenvalue weighted by Crippen LogP contribution is 2.30. The van der Waals surface area contributed by atoms with Crippen LogP contribution in [0, 0.1) is 0 Å². The minimum absolute atomic E-state index is 0.544. The van der Waals surface area contributed by atoms with E-state index >= 15 is 0 Å². The fourth-order valence-corrected chi connectivity index (χ4v) is 2.02. The Labute approximate surface area is 101 Å². The number of ether oxygens (including phenoxy) is 1. The van der Waals surface area contributed by atoms with Gasteiger partial charge in [0.25, 0.3) is 0 Å². The first-order valence-corrected chi connectivity index (χ1v) is 5.61. The molecule has 0 unspecified atom stereocenters. The quantitative estimate of drug-likeness (QED) is 0.838. The van der Waals surface area contributed by atoms with Gasteiger partial charge in [0.1, 0.15) is 0 Å². The number of nitrogens with zero attached hydrogens (tertiary/aromatic N) is 1. The van der Waals surface area contributed by atoms with Crippen molar-refractivity contribution in [1.82, 2.24) is 4.98 Å². The average Bonchev–Trinajstić information content (AvgIpc) is 2.25. The minimum Gasteiger partial charge on any atom is -0.380 e. The van der Waals surface area contributed by atoms with Crippen molar-refractivity contribution < 1.29 is 4.74 Å². The molecule has 2 nitrogen and oxygen atoms in total. The number of aromatic nitrogens is 1. The van der Waals surface area contributed by atoms with E-state index in [4.69, 9.17) is 16.3 Å². The lowest BCUT2D eigenvalue weighted by Gasteiger charge is -2.06. The Kier molecular flexibility index (Phi) is 3.24. The van der Waals surface area contributed by atoms with Crippen molar-refractivity contribution in [2.24, 2.45) is 0 Å². The van der Waals surface area contributed by atoms with E-state index < -0.39 is 0 Å². The van der Waals surface area contributed by atoms with Crippen LogP contribution < -0.4 is 0 Å². The maximum atomic E-state index is 6.17. The number of para-hydroxylation sites is 1. The first-order chi connectivity index (χ1) is 7.24. The smallest absolute Gasteiger partial charge is 0.0773 e. The topological polar surface area (TPSA) is 22.1 Å². The molecule has 15 heavy (non-hydrogen) atoms. The molecule has 0 aliphatic carbocycles. The summed E-state index contributed by atoms with van der Waals surface area (Å²) in [4.78, 5) is 4.35. The molecule has 2 aromatic rings. The van der Waals surface area contributed by atoms with Crippen molar-refractivity contribution in [2.75, 3.05) is 7.11 Å². The highest BCUT2D eigenvalue weighted by atomic mass is 79.9. The van der Waals surface area contributed by atoms with Gasteiger partial charge in [0.15, 0.2) is 0 Å². The number of fused-ring (bicyclic) bond motifs is 1. The molecule has 78 valence electrons. The first kappa shape index (κ1) is 10.9. The fraction of sp³-hybridized carbons (Fsp3) is 0.182. The predicted octanol–water partition coefficient (Wildman–Crippen LogP) is 3.80. The Morgan fingerprint density at radius 3 is 3.00 bits per heavy atom. The summed E-state index contributed by atoms with van der Waals surface area (Å²) in [6.45, 7) is 0.544. The van der Waals surface area contributed by atoms with Gasteiger partial charge in [-0.3, -0.25) is 4.98 Å². The van der Waals surface area contributed by atoms with Crippen LogP contribution in [0.3, 0.4) is 0 Å². The fourth-order valence-electron chi connectivity index (χ4n) is 1.50. The van der Waals surface area contributed by atoms with E-state index in [1.54, 1.807) is 13.3 Å². The van der Waals surface area contributed by atoms with Gasteiger partial charge in [-0.25, -0.2) is 0 Å². The van der Waals surface area contributed by atoms with E-state index in [2.05, 4.69) is 20.9 Å². The van der Waals surface area contributed by atoms with Crippen molar-refractivity contribution >= 4 is 38.4 Å². The minimum atomic E-state index is 0.544. The van der Waals surface area contributed by atoms with E-state index in [9.17, 15) is 0 Å². The Bertz CT molecular complexity index is 501. The van der Waals surface area contributed by atoms with Crippen molar-refractivity contribution in [3.05, 3.63) is 39.5 Å². The molecular weight excluding hydrogens is 277 g/mol. The van der Waals surface area contributed by atoms with Gasteiger partial charge in [-0.2, -0.15) is 0 Å². The molecule has 0 fully saturated rings. The Morgan fingerprint density at radius 2 is 2.27 bits per heavy atom. The molecule has 0 saturated heterocycles. The SMILES string of the molecule is COCc1cccc2c(Cl)c(Br)cnc12. The second-order valence-electron chi connectivity index (χ2n) is 3.17. The van der Waals surface area contributed by atoms with Crippen molar-refractivity contribution in [2.45, 2.75) is 6.61 Å². The molecule has 0 amide bonds. The molecule has 2 rings (SSSR count). The molecule has 0 atom stereocenters. The second kappa shape index (κ2) is 4.47. The van der Waals surface area contributed by atoms with Crippen LogP contribution in [-0.4, -0.2) is 12.1 Å². The van der Waals surface area contributed by atoms with E-state index in [1.165, 1.54) is 0 Å². The van der Waals surface area contributed by atoms with Gasteiger partial charge in [-0.15, -0.1) is 0 Å². The van der Waals surface area contributed by atoms with Crippen molar-refractivity contribution in [1.29, 1.82) is 0 Å². The highest BCUT2D eigenvalue weighted by Gasteiger charge is 2.07. The zero-order valence-corrected chi connectivity index (χ0v) is 10.5. The van der Waals surface area contributed by atoms with Gasteiger partial charge >= 0.3 is 0 Å². The van der Waals surface area contributed by atoms with Crippen LogP contribution in [0.2, 0.25) is 5.02 Å². The molecule has 4 heteroatoms. The van der Waals surface area contributed by atoms with E-state index in [0.29, 0.717) is 11.6 Å². The van der Waals surface area contributed by atoms with Crippen LogP contribution in [0.1, 0.15) is 5.56 Å². The zero-order valence-electron chi connectivity index (χ0n) is 8.13. The number of hydrogen-bond donors (Lipinski definition) is 0. The van der Waals surface area contributed by atoms with Gasteiger partial charge in [-0.1, -0.05) is 29.8 Å². The third-order valence-electron chi connectivity index (χ3n) is 2.17. The summed E-state index contributed by atoms with van der Waals surface area (Å²) < 4.78 is 5.92. The number of methoxy groups -OCH3 is 1. The normalized spacial score (nSPS) is 10.9. The molecule has 0 aliphatic rings. The molecule has 0 radical (unpaired) electrons. The third-order valence-corrected chi connectivity index (χ3v) is 3.41. The molecule has 0 bridgehead atoms. The third kappa shape index (κ3) is 2.00. The van der Waals surface area contributed by atoms with Crippen LogP contribution in [0.15, 0.2) is 28.9 Å². The Balaban J connectivity index is 2.72. The predicted molar refractivity (Wildman–Crippen MR) is 65.2 cm³/mol.